The Balaban J connectivity index is 1.58. The topological polar surface area (TPSA) is 21.6 Å². The molecule has 0 aromatic heterocycles. The summed E-state index contributed by atoms with van der Waals surface area (Å²) >= 11 is 0. The van der Waals surface area contributed by atoms with E-state index in [-0.39, 0.29) is 0 Å². The van der Waals surface area contributed by atoms with Crippen LogP contribution in [0.5, 0.6) is 0 Å². The quantitative estimate of drug-likeness (QED) is 0.475. The first kappa shape index (κ1) is 15.0. The van der Waals surface area contributed by atoms with Gasteiger partial charge in [-0.2, -0.15) is 0 Å². The molecule has 3 rings (SSSR count). The average molecular weight is 300 g/mol. The molecule has 1 radical (unpaired) electrons. The van der Waals surface area contributed by atoms with Crippen LogP contribution in [0.15, 0.2) is 84.0 Å². The maximum absolute atomic E-state index is 5.34. The van der Waals surface area contributed by atoms with Gasteiger partial charge in [-0.1, -0.05) is 84.0 Å². The number of nitrogens with zero attached hydrogens (tertiary/aromatic N) is 1. The third-order valence-electron chi connectivity index (χ3n) is 3.67. The van der Waals surface area contributed by atoms with E-state index in [9.17, 15) is 0 Å². The smallest absolute Gasteiger partial charge is 0.142 e. The van der Waals surface area contributed by atoms with Crippen molar-refractivity contribution >= 4 is 6.21 Å². The molecule has 0 aliphatic heterocycles. The molecule has 3 aromatic carbocycles. The van der Waals surface area contributed by atoms with Crippen molar-refractivity contribution in [1.82, 2.24) is 0 Å². The molecule has 2 heteroatoms. The molecular formula is C21H18NO. The van der Waals surface area contributed by atoms with Crippen LogP contribution in [0.2, 0.25) is 0 Å². The Labute approximate surface area is 137 Å². The highest BCUT2D eigenvalue weighted by molar-refractivity contribution is 5.81. The Kier molecular flexibility index (Phi) is 4.85. The summed E-state index contributed by atoms with van der Waals surface area (Å²) in [5, 5.41) is 3.93. The second kappa shape index (κ2) is 7.41. The highest BCUT2D eigenvalue weighted by atomic mass is 16.6. The van der Waals surface area contributed by atoms with Crippen molar-refractivity contribution in [3.63, 3.8) is 0 Å². The molecule has 0 bridgehead atoms. The van der Waals surface area contributed by atoms with Crippen LogP contribution in [-0.4, -0.2) is 6.21 Å². The van der Waals surface area contributed by atoms with Crippen LogP contribution in [-0.2, 0) is 11.4 Å². The van der Waals surface area contributed by atoms with E-state index in [1.807, 2.05) is 49.4 Å². The van der Waals surface area contributed by atoms with E-state index in [2.05, 4.69) is 47.8 Å². The Hall–Kier alpha value is -2.87. The predicted octanol–water partition coefficient (Wildman–Crippen LogP) is 5.09. The molecule has 0 unspecified atom stereocenters. The average Bonchev–Trinajstić information content (AvgIpc) is 2.61. The molecule has 0 saturated heterocycles. The van der Waals surface area contributed by atoms with Crippen molar-refractivity contribution < 1.29 is 4.84 Å². The summed E-state index contributed by atoms with van der Waals surface area (Å²) in [5.74, 6) is 0. The molecule has 0 heterocycles. The summed E-state index contributed by atoms with van der Waals surface area (Å²) in [6, 6.07) is 26.6. The van der Waals surface area contributed by atoms with Crippen LogP contribution in [0.1, 0.15) is 16.7 Å². The van der Waals surface area contributed by atoms with E-state index in [0.29, 0.717) is 6.61 Å². The van der Waals surface area contributed by atoms with Crippen LogP contribution in [0, 0.1) is 6.92 Å². The van der Waals surface area contributed by atoms with Crippen molar-refractivity contribution in [3.05, 3.63) is 95.6 Å². The molecule has 0 fully saturated rings. The minimum absolute atomic E-state index is 0.438. The lowest BCUT2D eigenvalue weighted by Crippen LogP contribution is -1.90. The molecule has 113 valence electrons. The van der Waals surface area contributed by atoms with Crippen molar-refractivity contribution in [2.45, 2.75) is 13.5 Å². The van der Waals surface area contributed by atoms with Crippen LogP contribution in [0.25, 0.3) is 11.1 Å². The van der Waals surface area contributed by atoms with Gasteiger partial charge in [-0.25, -0.2) is 0 Å². The number of hydrogen-bond donors (Lipinski definition) is 0. The zero-order chi connectivity index (χ0) is 15.9. The number of hydrogen-bond acceptors (Lipinski definition) is 2. The van der Waals surface area contributed by atoms with E-state index in [1.165, 1.54) is 11.1 Å². The second-order valence-corrected chi connectivity index (χ2v) is 5.35. The van der Waals surface area contributed by atoms with Gasteiger partial charge in [-0.05, 0) is 29.2 Å². The lowest BCUT2D eigenvalue weighted by Gasteiger charge is -2.04. The second-order valence-electron chi connectivity index (χ2n) is 5.35. The Morgan fingerprint density at radius 3 is 2.17 bits per heavy atom. The molecule has 23 heavy (non-hydrogen) atoms. The predicted molar refractivity (Wildman–Crippen MR) is 94.4 cm³/mol. The van der Waals surface area contributed by atoms with Crippen LogP contribution < -0.4 is 0 Å². The van der Waals surface area contributed by atoms with Gasteiger partial charge in [-0.3, -0.25) is 0 Å². The van der Waals surface area contributed by atoms with Gasteiger partial charge in [-0.15, -0.1) is 0 Å². The standard InChI is InChI=1S/C21H18NO/c1-17-7-5-6-10-21(17)15-22-23-16-18-11-13-20(14-12-18)19-8-3-2-4-9-19/h2-14H,16H2,1H3. The summed E-state index contributed by atoms with van der Waals surface area (Å²) in [6.45, 7) is 2.47. The molecule has 3 aromatic rings. The molecule has 0 aliphatic rings. The minimum Gasteiger partial charge on any atom is -0.390 e. The van der Waals surface area contributed by atoms with E-state index in [4.69, 9.17) is 4.84 Å². The first-order chi connectivity index (χ1) is 11.3. The fourth-order valence-corrected chi connectivity index (χ4v) is 2.31. The molecule has 0 amide bonds. The lowest BCUT2D eigenvalue weighted by atomic mass is 10.0. The van der Waals surface area contributed by atoms with Gasteiger partial charge < -0.3 is 4.84 Å². The van der Waals surface area contributed by atoms with Crippen molar-refractivity contribution in [3.8, 4) is 11.1 Å². The first-order valence-electron chi connectivity index (χ1n) is 7.61. The third-order valence-corrected chi connectivity index (χ3v) is 3.67. The van der Waals surface area contributed by atoms with Crippen molar-refractivity contribution in [2.24, 2.45) is 5.16 Å². The first-order valence-corrected chi connectivity index (χ1v) is 7.61. The van der Waals surface area contributed by atoms with Gasteiger partial charge in [0.2, 0.25) is 0 Å². The normalized spacial score (nSPS) is 10.8. The van der Waals surface area contributed by atoms with Gasteiger partial charge in [0.05, 0.1) is 0 Å². The molecule has 0 atom stereocenters. The number of benzene rings is 3. The lowest BCUT2D eigenvalue weighted by molar-refractivity contribution is 0.132. The third kappa shape index (κ3) is 4.07. The summed E-state index contributed by atoms with van der Waals surface area (Å²) in [4.78, 5) is 5.34. The highest BCUT2D eigenvalue weighted by Crippen LogP contribution is 2.19. The molecule has 0 spiro atoms. The molecule has 0 N–H and O–H groups in total. The Bertz CT molecular complexity index is 776. The molecule has 0 aliphatic carbocycles. The van der Waals surface area contributed by atoms with E-state index in [0.717, 1.165) is 16.7 Å². The highest BCUT2D eigenvalue weighted by Gasteiger charge is 1.98. The maximum atomic E-state index is 5.34. The fraction of sp³-hybridized carbons (Fsp3) is 0.0952. The summed E-state index contributed by atoms with van der Waals surface area (Å²) in [7, 11) is 0. The van der Waals surface area contributed by atoms with Gasteiger partial charge in [0.15, 0.2) is 0 Å². The zero-order valence-corrected chi connectivity index (χ0v) is 13.1. The fourth-order valence-electron chi connectivity index (χ4n) is 2.31. The van der Waals surface area contributed by atoms with Crippen LogP contribution in [0.3, 0.4) is 0 Å². The van der Waals surface area contributed by atoms with Gasteiger partial charge in [0.1, 0.15) is 12.8 Å². The van der Waals surface area contributed by atoms with Gasteiger partial charge >= 0.3 is 0 Å². The SMILES string of the molecule is Cc1ccccc1/[C]=N\OCc1ccc(-c2ccccc2)cc1. The van der Waals surface area contributed by atoms with Gasteiger partial charge in [0, 0.05) is 5.56 Å². The molecule has 0 saturated carbocycles. The number of aryl methyl sites for hydroxylation is 1. The van der Waals surface area contributed by atoms with E-state index < -0.39 is 0 Å². The van der Waals surface area contributed by atoms with Crippen LogP contribution >= 0.6 is 0 Å². The minimum atomic E-state index is 0.438. The molecular weight excluding hydrogens is 282 g/mol. The van der Waals surface area contributed by atoms with E-state index >= 15 is 0 Å². The Morgan fingerprint density at radius 1 is 0.783 bits per heavy atom. The van der Waals surface area contributed by atoms with Gasteiger partial charge in [0.25, 0.3) is 0 Å². The largest absolute Gasteiger partial charge is 0.390 e. The maximum Gasteiger partial charge on any atom is 0.142 e. The Morgan fingerprint density at radius 2 is 1.43 bits per heavy atom. The summed E-state index contributed by atoms with van der Waals surface area (Å²) < 4.78 is 0. The summed E-state index contributed by atoms with van der Waals surface area (Å²) in [6.07, 6.45) is 2.92. The van der Waals surface area contributed by atoms with Crippen LogP contribution in [0.4, 0.5) is 0 Å². The summed E-state index contributed by atoms with van der Waals surface area (Å²) in [5.41, 5.74) is 5.58. The van der Waals surface area contributed by atoms with Crippen molar-refractivity contribution in [1.29, 1.82) is 0 Å². The zero-order valence-electron chi connectivity index (χ0n) is 13.1. The molecule has 2 nitrogen and oxygen atoms in total. The monoisotopic (exact) mass is 300 g/mol. The van der Waals surface area contributed by atoms with E-state index in [1.54, 1.807) is 0 Å². The number of rotatable bonds is 5. The van der Waals surface area contributed by atoms with Crippen molar-refractivity contribution in [2.75, 3.05) is 0 Å².